The first-order valence-corrected chi connectivity index (χ1v) is 14.1. The molecular formula is C41H32O. The van der Waals surface area contributed by atoms with E-state index in [1.807, 2.05) is 37.3 Å². The van der Waals surface area contributed by atoms with Gasteiger partial charge in [-0.15, -0.1) is 0 Å². The molecule has 1 heterocycles. The summed E-state index contributed by atoms with van der Waals surface area (Å²) in [5.74, 6) is 0. The van der Waals surface area contributed by atoms with Crippen molar-refractivity contribution in [2.24, 2.45) is 0 Å². The lowest BCUT2D eigenvalue weighted by molar-refractivity contribution is 0.668. The molecular weight excluding hydrogens is 508 g/mol. The highest BCUT2D eigenvalue weighted by Crippen LogP contribution is 2.45. The number of benzene rings is 5. The molecule has 0 radical (unpaired) electrons. The van der Waals surface area contributed by atoms with Crippen LogP contribution in [0.2, 0.25) is 0 Å². The molecule has 6 rings (SSSR count). The number of rotatable bonds is 8. The van der Waals surface area contributed by atoms with Crippen LogP contribution in [0.5, 0.6) is 0 Å². The summed E-state index contributed by atoms with van der Waals surface area (Å²) in [6, 6.07) is 25.7. The van der Waals surface area contributed by atoms with E-state index in [4.69, 9.17) is 4.42 Å². The SMILES string of the molecule is C=Cc1ccc(-c2c(C=C)c(C=C)c(-c3ccc4oc5c(C=C)c(C=C)ccc5c4c3)c3ccccc23)cc1/C=C\C. The van der Waals surface area contributed by atoms with E-state index in [-0.39, 0.29) is 0 Å². The summed E-state index contributed by atoms with van der Waals surface area (Å²) in [4.78, 5) is 0. The maximum absolute atomic E-state index is 6.36. The number of furan rings is 1. The molecule has 0 saturated carbocycles. The Morgan fingerprint density at radius 1 is 0.524 bits per heavy atom. The van der Waals surface area contributed by atoms with Crippen molar-refractivity contribution < 1.29 is 4.42 Å². The summed E-state index contributed by atoms with van der Waals surface area (Å²) < 4.78 is 6.36. The van der Waals surface area contributed by atoms with Crippen molar-refractivity contribution in [3.63, 3.8) is 0 Å². The van der Waals surface area contributed by atoms with Crippen molar-refractivity contribution in [1.29, 1.82) is 0 Å². The van der Waals surface area contributed by atoms with Gasteiger partial charge in [-0.05, 0) is 92.0 Å². The highest BCUT2D eigenvalue weighted by molar-refractivity contribution is 6.14. The van der Waals surface area contributed by atoms with Gasteiger partial charge in [0.2, 0.25) is 0 Å². The molecule has 0 amide bonds. The second-order valence-electron chi connectivity index (χ2n) is 10.2. The fourth-order valence-electron chi connectivity index (χ4n) is 6.19. The van der Waals surface area contributed by atoms with Crippen molar-refractivity contribution in [3.05, 3.63) is 145 Å². The van der Waals surface area contributed by atoms with Gasteiger partial charge in [0.15, 0.2) is 0 Å². The van der Waals surface area contributed by atoms with Crippen LogP contribution in [-0.4, -0.2) is 0 Å². The third-order valence-electron chi connectivity index (χ3n) is 8.07. The van der Waals surface area contributed by atoms with Crippen molar-refractivity contribution in [3.8, 4) is 22.3 Å². The van der Waals surface area contributed by atoms with Crippen LogP contribution >= 0.6 is 0 Å². The number of hydrogen-bond donors (Lipinski definition) is 0. The van der Waals surface area contributed by atoms with Gasteiger partial charge in [0.05, 0.1) is 0 Å². The van der Waals surface area contributed by atoms with Gasteiger partial charge in [0, 0.05) is 16.3 Å². The van der Waals surface area contributed by atoms with E-state index in [0.717, 1.165) is 88.3 Å². The third kappa shape index (κ3) is 4.10. The van der Waals surface area contributed by atoms with Crippen LogP contribution in [0.3, 0.4) is 0 Å². The molecule has 0 aliphatic rings. The molecule has 0 atom stereocenters. The van der Waals surface area contributed by atoms with E-state index in [2.05, 4.69) is 118 Å². The Morgan fingerprint density at radius 2 is 1.12 bits per heavy atom. The molecule has 0 saturated heterocycles. The van der Waals surface area contributed by atoms with E-state index in [0.29, 0.717) is 0 Å². The van der Waals surface area contributed by atoms with Crippen LogP contribution < -0.4 is 0 Å². The Labute approximate surface area is 247 Å². The smallest absolute Gasteiger partial charge is 0.143 e. The summed E-state index contributed by atoms with van der Waals surface area (Å²) in [5, 5.41) is 4.42. The van der Waals surface area contributed by atoms with Crippen molar-refractivity contribution in [2.45, 2.75) is 6.92 Å². The lowest BCUT2D eigenvalue weighted by Gasteiger charge is -2.20. The predicted molar refractivity (Wildman–Crippen MR) is 187 cm³/mol. The fourth-order valence-corrected chi connectivity index (χ4v) is 6.19. The largest absolute Gasteiger partial charge is 0.455 e. The summed E-state index contributed by atoms with van der Waals surface area (Å²) in [6.45, 7) is 22.6. The molecule has 1 nitrogen and oxygen atoms in total. The van der Waals surface area contributed by atoms with E-state index in [1.54, 1.807) is 0 Å². The molecule has 42 heavy (non-hydrogen) atoms. The minimum atomic E-state index is 0.824. The molecule has 0 aliphatic heterocycles. The van der Waals surface area contributed by atoms with Gasteiger partial charge in [-0.2, -0.15) is 0 Å². The quantitative estimate of drug-likeness (QED) is 0.187. The summed E-state index contributed by atoms with van der Waals surface area (Å²) in [7, 11) is 0. The lowest BCUT2D eigenvalue weighted by Crippen LogP contribution is -1.96. The normalized spacial score (nSPS) is 11.4. The first-order chi connectivity index (χ1) is 20.6. The minimum absolute atomic E-state index is 0.824. The monoisotopic (exact) mass is 540 g/mol. The van der Waals surface area contributed by atoms with Crippen molar-refractivity contribution in [2.75, 3.05) is 0 Å². The molecule has 202 valence electrons. The fraction of sp³-hybridized carbons (Fsp3) is 0.0244. The predicted octanol–water partition coefficient (Wildman–Crippen LogP) is 12.3. The molecule has 0 bridgehead atoms. The van der Waals surface area contributed by atoms with Crippen LogP contribution in [0.4, 0.5) is 0 Å². The Balaban J connectivity index is 1.69. The zero-order valence-electron chi connectivity index (χ0n) is 23.9. The van der Waals surface area contributed by atoms with Crippen molar-refractivity contribution >= 4 is 69.2 Å². The van der Waals surface area contributed by atoms with Gasteiger partial charge >= 0.3 is 0 Å². The van der Waals surface area contributed by atoms with Crippen molar-refractivity contribution in [1.82, 2.24) is 0 Å². The molecule has 0 unspecified atom stereocenters. The molecule has 1 aromatic heterocycles. The van der Waals surface area contributed by atoms with Crippen LogP contribution in [0.15, 0.2) is 116 Å². The molecule has 0 aliphatic carbocycles. The zero-order valence-corrected chi connectivity index (χ0v) is 23.9. The molecule has 0 fully saturated rings. The number of fused-ring (bicyclic) bond motifs is 4. The van der Waals surface area contributed by atoms with Gasteiger partial charge in [0.1, 0.15) is 11.2 Å². The Bertz CT molecular complexity index is 2130. The van der Waals surface area contributed by atoms with Gasteiger partial charge in [0.25, 0.3) is 0 Å². The Kier molecular flexibility index (Phi) is 6.94. The molecule has 0 spiro atoms. The van der Waals surface area contributed by atoms with E-state index in [1.165, 1.54) is 0 Å². The second kappa shape index (κ2) is 10.9. The van der Waals surface area contributed by atoms with Crippen LogP contribution in [0.25, 0.3) is 91.4 Å². The molecule has 1 heteroatoms. The topological polar surface area (TPSA) is 13.1 Å². The first-order valence-electron chi connectivity index (χ1n) is 14.1. The van der Waals surface area contributed by atoms with E-state index in [9.17, 15) is 0 Å². The lowest BCUT2D eigenvalue weighted by atomic mass is 9.82. The molecule has 5 aromatic carbocycles. The average molecular weight is 541 g/mol. The van der Waals surface area contributed by atoms with Gasteiger partial charge in [-0.3, -0.25) is 0 Å². The average Bonchev–Trinajstić information content (AvgIpc) is 3.41. The van der Waals surface area contributed by atoms with Gasteiger partial charge in [-0.1, -0.05) is 124 Å². The van der Waals surface area contributed by atoms with Crippen LogP contribution in [0, 0.1) is 0 Å². The van der Waals surface area contributed by atoms with E-state index >= 15 is 0 Å². The summed E-state index contributed by atoms with van der Waals surface area (Å²) >= 11 is 0. The first kappa shape index (κ1) is 26.8. The highest BCUT2D eigenvalue weighted by atomic mass is 16.3. The van der Waals surface area contributed by atoms with Gasteiger partial charge < -0.3 is 4.42 Å². The number of allylic oxidation sites excluding steroid dienone is 1. The second-order valence-corrected chi connectivity index (χ2v) is 10.2. The summed E-state index contributed by atoms with van der Waals surface area (Å²) in [6.07, 6.45) is 13.7. The maximum Gasteiger partial charge on any atom is 0.143 e. The molecule has 6 aromatic rings. The van der Waals surface area contributed by atoms with Crippen LogP contribution in [0.1, 0.15) is 40.3 Å². The Morgan fingerprint density at radius 3 is 1.71 bits per heavy atom. The third-order valence-corrected chi connectivity index (χ3v) is 8.07. The van der Waals surface area contributed by atoms with E-state index < -0.39 is 0 Å². The minimum Gasteiger partial charge on any atom is -0.455 e. The standard InChI is InChI=1S/C41H32O/c1-7-15-28-24-29(19-18-26(28)8-2)39-32(11-5)33(12-6)40(35-17-14-13-16-34(35)39)30-21-23-38-37(25-30)36-22-20-27(9-3)31(10-4)41(36)42-38/h7-25H,2-6H2,1H3/b15-7-. The van der Waals surface area contributed by atoms with Crippen LogP contribution in [-0.2, 0) is 0 Å². The maximum atomic E-state index is 6.36. The Hall–Kier alpha value is -5.40. The zero-order chi connectivity index (χ0) is 29.4. The highest BCUT2D eigenvalue weighted by Gasteiger charge is 2.20. The van der Waals surface area contributed by atoms with Gasteiger partial charge in [-0.25, -0.2) is 0 Å². The molecule has 0 N–H and O–H groups in total. The number of hydrogen-bond acceptors (Lipinski definition) is 1. The summed E-state index contributed by atoms with van der Waals surface area (Å²) in [5.41, 5.74) is 12.4.